The molecule has 0 spiro atoms. The first-order valence-corrected chi connectivity index (χ1v) is 8.52. The second kappa shape index (κ2) is 8.83. The maximum atomic E-state index is 13.0. The summed E-state index contributed by atoms with van der Waals surface area (Å²) in [7, 11) is 0. The molecule has 0 bridgehead atoms. The van der Waals surface area contributed by atoms with Gasteiger partial charge in [-0.15, -0.1) is 5.10 Å². The zero-order valence-corrected chi connectivity index (χ0v) is 15.3. The van der Waals surface area contributed by atoms with Crippen molar-refractivity contribution in [1.29, 1.82) is 0 Å². The molecule has 29 heavy (non-hydrogen) atoms. The lowest BCUT2D eigenvalue weighted by Crippen LogP contribution is -2.45. The van der Waals surface area contributed by atoms with Gasteiger partial charge in [0.1, 0.15) is 18.1 Å². The molecule has 2 aromatic carbocycles. The van der Waals surface area contributed by atoms with Gasteiger partial charge in [-0.25, -0.2) is 9.18 Å². The van der Waals surface area contributed by atoms with E-state index in [0.29, 0.717) is 11.3 Å². The van der Waals surface area contributed by atoms with Crippen LogP contribution in [0.4, 0.5) is 4.39 Å². The Labute approximate surface area is 164 Å². The molecule has 3 aromatic rings. The first-order valence-electron chi connectivity index (χ1n) is 8.52. The summed E-state index contributed by atoms with van der Waals surface area (Å²) in [5, 5.41) is 3.88. The van der Waals surface area contributed by atoms with Crippen molar-refractivity contribution in [3.8, 4) is 17.2 Å². The second-order valence-electron chi connectivity index (χ2n) is 5.99. The van der Waals surface area contributed by atoms with Crippen LogP contribution in [0.25, 0.3) is 11.5 Å². The van der Waals surface area contributed by atoms with Gasteiger partial charge in [-0.2, -0.15) is 4.68 Å². The zero-order valence-electron chi connectivity index (χ0n) is 15.3. The largest absolute Gasteiger partial charge is 0.483 e. The van der Waals surface area contributed by atoms with Crippen LogP contribution >= 0.6 is 0 Å². The minimum atomic E-state index is -0.867. The quantitative estimate of drug-likeness (QED) is 0.601. The number of halogens is 1. The van der Waals surface area contributed by atoms with Gasteiger partial charge in [0.25, 0.3) is 11.8 Å². The van der Waals surface area contributed by atoms with Crippen molar-refractivity contribution in [2.24, 2.45) is 0 Å². The topological polar surface area (TPSA) is 115 Å². The average Bonchev–Trinajstić information content (AvgIpc) is 3.06. The Hall–Kier alpha value is -3.95. The van der Waals surface area contributed by atoms with E-state index in [1.54, 1.807) is 12.1 Å². The molecule has 0 saturated heterocycles. The van der Waals surface area contributed by atoms with Crippen molar-refractivity contribution >= 4 is 11.8 Å². The summed E-state index contributed by atoms with van der Waals surface area (Å²) in [6, 6.07) is 12.3. The van der Waals surface area contributed by atoms with Gasteiger partial charge in [0, 0.05) is 5.56 Å². The highest BCUT2D eigenvalue weighted by Gasteiger charge is 2.14. The molecule has 0 saturated carbocycles. The third-order valence-electron chi connectivity index (χ3n) is 3.78. The molecule has 0 atom stereocenters. The first-order chi connectivity index (χ1) is 13.9. The fourth-order valence-electron chi connectivity index (χ4n) is 2.33. The van der Waals surface area contributed by atoms with E-state index in [1.807, 2.05) is 19.1 Å². The second-order valence-corrected chi connectivity index (χ2v) is 5.99. The monoisotopic (exact) mass is 400 g/mol. The Morgan fingerprint density at radius 3 is 2.52 bits per heavy atom. The Bertz CT molecular complexity index is 1070. The molecule has 0 unspecified atom stereocenters. The van der Waals surface area contributed by atoms with Crippen molar-refractivity contribution in [2.75, 3.05) is 6.61 Å². The minimum Gasteiger partial charge on any atom is -0.483 e. The molecular formula is C19H17FN4O5. The highest BCUT2D eigenvalue weighted by atomic mass is 19.1. The number of aryl methyl sites for hydroxylation is 1. The lowest BCUT2D eigenvalue weighted by Gasteiger charge is -2.10. The molecule has 150 valence electrons. The van der Waals surface area contributed by atoms with Gasteiger partial charge < -0.3 is 9.15 Å². The van der Waals surface area contributed by atoms with Gasteiger partial charge in [-0.1, -0.05) is 18.2 Å². The van der Waals surface area contributed by atoms with Crippen molar-refractivity contribution in [2.45, 2.75) is 13.5 Å². The molecule has 1 heterocycles. The Balaban J connectivity index is 1.50. The highest BCUT2D eigenvalue weighted by Crippen LogP contribution is 2.16. The van der Waals surface area contributed by atoms with Crippen LogP contribution in [0.3, 0.4) is 0 Å². The number of rotatable bonds is 6. The minimum absolute atomic E-state index is 0.0570. The number of hydrogen-bond acceptors (Lipinski definition) is 6. The Morgan fingerprint density at radius 1 is 1.10 bits per heavy atom. The van der Waals surface area contributed by atoms with Gasteiger partial charge in [-0.05, 0) is 42.8 Å². The molecule has 0 radical (unpaired) electrons. The summed E-state index contributed by atoms with van der Waals surface area (Å²) in [5.41, 5.74) is 5.58. The lowest BCUT2D eigenvalue weighted by atomic mass is 10.2. The molecule has 0 aliphatic heterocycles. The number of carbonyl (C=O) groups excluding carboxylic acids is 2. The van der Waals surface area contributed by atoms with Crippen LogP contribution < -0.4 is 21.3 Å². The molecule has 2 N–H and O–H groups in total. The van der Waals surface area contributed by atoms with Crippen LogP contribution in [0.1, 0.15) is 5.56 Å². The molecular weight excluding hydrogens is 383 g/mol. The normalized spacial score (nSPS) is 10.4. The van der Waals surface area contributed by atoms with Gasteiger partial charge in [0.15, 0.2) is 6.61 Å². The maximum absolute atomic E-state index is 13.0. The van der Waals surface area contributed by atoms with Crippen LogP contribution in [0.15, 0.2) is 57.7 Å². The number of amides is 2. The predicted molar refractivity (Wildman–Crippen MR) is 99.1 cm³/mol. The average molecular weight is 400 g/mol. The number of hydrogen-bond donors (Lipinski definition) is 2. The van der Waals surface area contributed by atoms with E-state index in [1.165, 1.54) is 24.3 Å². The molecule has 0 aliphatic carbocycles. The van der Waals surface area contributed by atoms with Crippen LogP contribution in [-0.4, -0.2) is 28.2 Å². The Kier molecular flexibility index (Phi) is 6.03. The van der Waals surface area contributed by atoms with Crippen molar-refractivity contribution in [3.05, 3.63) is 70.5 Å². The van der Waals surface area contributed by atoms with Gasteiger partial charge in [0.2, 0.25) is 5.89 Å². The first kappa shape index (κ1) is 19.8. The number of hydrazine groups is 1. The van der Waals surface area contributed by atoms with Gasteiger partial charge in [0.05, 0.1) is 0 Å². The number of ether oxygens (including phenoxy) is 1. The van der Waals surface area contributed by atoms with Crippen LogP contribution in [0, 0.1) is 12.7 Å². The maximum Gasteiger partial charge on any atom is 0.437 e. The molecule has 0 fully saturated rings. The molecule has 1 aromatic heterocycles. The standard InChI is InChI=1S/C19H17FN4O5/c1-12-4-2-3-5-15(12)28-11-17(26)22-21-16(25)10-24-19(27)29-18(23-24)13-6-8-14(20)9-7-13/h2-9H,10-11H2,1H3,(H,21,25)(H,22,26). The van der Waals surface area contributed by atoms with E-state index in [-0.39, 0.29) is 12.5 Å². The van der Waals surface area contributed by atoms with E-state index in [4.69, 9.17) is 9.15 Å². The smallest absolute Gasteiger partial charge is 0.437 e. The fraction of sp³-hybridized carbons (Fsp3) is 0.158. The lowest BCUT2D eigenvalue weighted by molar-refractivity contribution is -0.130. The van der Waals surface area contributed by atoms with E-state index in [9.17, 15) is 18.8 Å². The molecule has 3 rings (SSSR count). The summed E-state index contributed by atoms with van der Waals surface area (Å²) in [5.74, 6) is -2.10. The SMILES string of the molecule is Cc1ccccc1OCC(=O)NNC(=O)Cn1nc(-c2ccc(F)cc2)oc1=O. The summed E-state index contributed by atoms with van der Waals surface area (Å²) in [6.45, 7) is 1.05. The summed E-state index contributed by atoms with van der Waals surface area (Å²) in [6.07, 6.45) is 0. The Morgan fingerprint density at radius 2 is 1.79 bits per heavy atom. The predicted octanol–water partition coefficient (Wildman–Crippen LogP) is 1.18. The molecule has 0 aliphatic rings. The van der Waals surface area contributed by atoms with Gasteiger partial charge >= 0.3 is 5.76 Å². The van der Waals surface area contributed by atoms with E-state index in [0.717, 1.165) is 10.2 Å². The number of benzene rings is 2. The van der Waals surface area contributed by atoms with Crippen molar-refractivity contribution in [3.63, 3.8) is 0 Å². The number of carbonyl (C=O) groups is 2. The summed E-state index contributed by atoms with van der Waals surface area (Å²) >= 11 is 0. The van der Waals surface area contributed by atoms with E-state index >= 15 is 0 Å². The third-order valence-corrected chi connectivity index (χ3v) is 3.78. The molecule has 10 heteroatoms. The van der Waals surface area contributed by atoms with Crippen molar-refractivity contribution < 1.29 is 23.1 Å². The summed E-state index contributed by atoms with van der Waals surface area (Å²) < 4.78 is 24.1. The van der Waals surface area contributed by atoms with Crippen molar-refractivity contribution in [1.82, 2.24) is 20.6 Å². The summed E-state index contributed by atoms with van der Waals surface area (Å²) in [4.78, 5) is 35.5. The van der Waals surface area contributed by atoms with Gasteiger partial charge in [-0.3, -0.25) is 20.4 Å². The van der Waals surface area contributed by atoms with E-state index < -0.39 is 29.9 Å². The molecule has 2 amide bonds. The molecule has 9 nitrogen and oxygen atoms in total. The number of nitrogens with zero attached hydrogens (tertiary/aromatic N) is 2. The number of para-hydroxylation sites is 1. The third kappa shape index (κ3) is 5.28. The highest BCUT2D eigenvalue weighted by molar-refractivity contribution is 5.82. The fourth-order valence-corrected chi connectivity index (χ4v) is 2.33. The van der Waals surface area contributed by atoms with E-state index in [2.05, 4.69) is 16.0 Å². The zero-order chi connectivity index (χ0) is 20.8. The number of aromatic nitrogens is 2. The van der Waals surface area contributed by atoms with Crippen LogP contribution in [0.5, 0.6) is 5.75 Å². The van der Waals surface area contributed by atoms with Crippen LogP contribution in [-0.2, 0) is 16.1 Å². The number of nitrogens with one attached hydrogen (secondary N) is 2. The van der Waals surface area contributed by atoms with Crippen LogP contribution in [0.2, 0.25) is 0 Å².